The van der Waals surface area contributed by atoms with Crippen molar-refractivity contribution in [2.45, 2.75) is 59.8 Å². The van der Waals surface area contributed by atoms with Crippen LogP contribution in [0.3, 0.4) is 0 Å². The summed E-state index contributed by atoms with van der Waals surface area (Å²) in [6.45, 7) is 9.19. The van der Waals surface area contributed by atoms with E-state index in [0.717, 1.165) is 37.9 Å². The summed E-state index contributed by atoms with van der Waals surface area (Å²) in [5, 5.41) is 0. The van der Waals surface area contributed by atoms with E-state index >= 15 is 0 Å². The lowest BCUT2D eigenvalue weighted by atomic mass is 9.96. The Morgan fingerprint density at radius 2 is 1.81 bits per heavy atom. The van der Waals surface area contributed by atoms with Gasteiger partial charge in [0.2, 0.25) is 0 Å². The van der Waals surface area contributed by atoms with Gasteiger partial charge in [-0.05, 0) is 72.0 Å². The van der Waals surface area contributed by atoms with E-state index in [-0.39, 0.29) is 11.9 Å². The third-order valence-corrected chi connectivity index (χ3v) is 4.71. The quantitative estimate of drug-likeness (QED) is 0.353. The summed E-state index contributed by atoms with van der Waals surface area (Å²) in [6, 6.07) is 0. The molecule has 1 unspecified atom stereocenters. The fourth-order valence-electron chi connectivity index (χ4n) is 3.01. The van der Waals surface area contributed by atoms with Gasteiger partial charge in [-0.25, -0.2) is 4.79 Å². The smallest absolute Gasteiger partial charge is 0.335 e. The minimum absolute atomic E-state index is 0.166. The number of ether oxygens (including phenoxy) is 2. The van der Waals surface area contributed by atoms with E-state index in [9.17, 15) is 4.79 Å². The third-order valence-electron chi connectivity index (χ3n) is 4.71. The highest BCUT2D eigenvalue weighted by molar-refractivity contribution is 5.84. The molecule has 1 aliphatic carbocycles. The van der Waals surface area contributed by atoms with Crippen LogP contribution in [0.1, 0.15) is 59.8 Å². The van der Waals surface area contributed by atoms with Crippen molar-refractivity contribution in [2.24, 2.45) is 5.92 Å². The van der Waals surface area contributed by atoms with E-state index < -0.39 is 0 Å². The van der Waals surface area contributed by atoms with E-state index in [1.807, 2.05) is 12.2 Å². The van der Waals surface area contributed by atoms with Crippen molar-refractivity contribution < 1.29 is 14.3 Å². The molecular formula is C24H32O3. The van der Waals surface area contributed by atoms with Gasteiger partial charge in [-0.3, -0.25) is 0 Å². The molecule has 0 radical (unpaired) electrons. The number of carbonyl (C=O) groups is 1. The minimum atomic E-state index is -0.307. The number of rotatable bonds is 9. The summed E-state index contributed by atoms with van der Waals surface area (Å²) in [5.41, 5.74) is 4.18. The van der Waals surface area contributed by atoms with Gasteiger partial charge < -0.3 is 9.47 Å². The Hall–Kier alpha value is -2.29. The maximum Gasteiger partial charge on any atom is 0.335 e. The summed E-state index contributed by atoms with van der Waals surface area (Å²) in [4.78, 5) is 11.3. The summed E-state index contributed by atoms with van der Waals surface area (Å²) in [5.74, 6) is 1.33. The first-order chi connectivity index (χ1) is 12.9. The molecule has 0 N–H and O–H groups in total. The van der Waals surface area contributed by atoms with Crippen molar-refractivity contribution in [3.8, 4) is 0 Å². The first kappa shape index (κ1) is 21.0. The molecular weight excluding hydrogens is 336 g/mol. The fraction of sp³-hybridized carbons (Fsp3) is 0.458. The van der Waals surface area contributed by atoms with Gasteiger partial charge >= 0.3 is 5.97 Å². The number of hydrogen-bond acceptors (Lipinski definition) is 3. The molecule has 0 aromatic rings. The zero-order valence-electron chi connectivity index (χ0n) is 17.1. The number of hydrogen-bond donors (Lipinski definition) is 0. The van der Waals surface area contributed by atoms with E-state index in [4.69, 9.17) is 9.47 Å². The molecule has 0 aromatic heterocycles. The van der Waals surface area contributed by atoms with E-state index in [1.54, 1.807) is 0 Å². The van der Waals surface area contributed by atoms with Crippen LogP contribution in [0.4, 0.5) is 0 Å². The summed E-state index contributed by atoms with van der Waals surface area (Å²) in [6.07, 6.45) is 19.2. The highest BCUT2D eigenvalue weighted by atomic mass is 16.5. The van der Waals surface area contributed by atoms with E-state index in [0.29, 0.717) is 12.4 Å². The SMILES string of the molecule is CC(C)=CCC/C(C)=C/CC/C(C)=C/COC1=CCC2C=CC(=O)OC2=C1. The largest absolute Gasteiger partial charge is 0.490 e. The molecule has 0 saturated carbocycles. The lowest BCUT2D eigenvalue weighted by molar-refractivity contribution is -0.135. The van der Waals surface area contributed by atoms with Gasteiger partial charge in [0, 0.05) is 18.1 Å². The number of allylic oxidation sites excluding steroid dienone is 8. The molecule has 0 amide bonds. The molecule has 0 spiro atoms. The van der Waals surface area contributed by atoms with Crippen molar-refractivity contribution in [2.75, 3.05) is 6.61 Å². The normalized spacial score (nSPS) is 19.7. The lowest BCUT2D eigenvalue weighted by Gasteiger charge is -2.22. The minimum Gasteiger partial charge on any atom is -0.490 e. The van der Waals surface area contributed by atoms with Gasteiger partial charge in [0.1, 0.15) is 18.1 Å². The predicted molar refractivity (Wildman–Crippen MR) is 111 cm³/mol. The molecule has 1 aliphatic heterocycles. The molecule has 1 heterocycles. The fourth-order valence-corrected chi connectivity index (χ4v) is 3.01. The summed E-state index contributed by atoms with van der Waals surface area (Å²) < 4.78 is 11.1. The van der Waals surface area contributed by atoms with E-state index in [1.165, 1.54) is 22.8 Å². The maximum atomic E-state index is 11.3. The second-order valence-electron chi connectivity index (χ2n) is 7.55. The maximum absolute atomic E-state index is 11.3. The van der Waals surface area contributed by atoms with Crippen LogP contribution in [-0.2, 0) is 14.3 Å². The average Bonchev–Trinajstić information content (AvgIpc) is 2.61. The highest BCUT2D eigenvalue weighted by Crippen LogP contribution is 2.29. The zero-order valence-corrected chi connectivity index (χ0v) is 17.1. The van der Waals surface area contributed by atoms with Crippen LogP contribution >= 0.6 is 0 Å². The Morgan fingerprint density at radius 1 is 1.11 bits per heavy atom. The Bertz CT molecular complexity index is 710. The van der Waals surface area contributed by atoms with Crippen LogP contribution in [0.5, 0.6) is 0 Å². The van der Waals surface area contributed by atoms with Crippen molar-refractivity contribution in [1.82, 2.24) is 0 Å². The van der Waals surface area contributed by atoms with Crippen LogP contribution in [0.2, 0.25) is 0 Å². The molecule has 146 valence electrons. The summed E-state index contributed by atoms with van der Waals surface area (Å²) in [7, 11) is 0. The molecule has 0 saturated heterocycles. The molecule has 1 atom stereocenters. The molecule has 2 rings (SSSR count). The van der Waals surface area contributed by atoms with E-state index in [2.05, 4.69) is 52.0 Å². The van der Waals surface area contributed by atoms with Gasteiger partial charge in [-0.1, -0.05) is 34.9 Å². The van der Waals surface area contributed by atoms with Gasteiger partial charge in [0.05, 0.1) is 0 Å². The third kappa shape index (κ3) is 7.86. The lowest BCUT2D eigenvalue weighted by Crippen LogP contribution is -2.17. The molecule has 0 fully saturated rings. The Morgan fingerprint density at radius 3 is 2.56 bits per heavy atom. The van der Waals surface area contributed by atoms with Crippen LogP contribution in [-0.4, -0.2) is 12.6 Å². The van der Waals surface area contributed by atoms with Crippen molar-refractivity contribution in [3.63, 3.8) is 0 Å². The molecule has 0 bridgehead atoms. The number of carbonyl (C=O) groups excluding carboxylic acids is 1. The number of fused-ring (bicyclic) bond motifs is 1. The average molecular weight is 369 g/mol. The van der Waals surface area contributed by atoms with Crippen LogP contribution in [0.15, 0.2) is 70.8 Å². The van der Waals surface area contributed by atoms with Crippen LogP contribution < -0.4 is 0 Å². The van der Waals surface area contributed by atoms with Crippen LogP contribution in [0, 0.1) is 5.92 Å². The first-order valence-corrected chi connectivity index (χ1v) is 9.83. The molecule has 3 nitrogen and oxygen atoms in total. The van der Waals surface area contributed by atoms with Crippen molar-refractivity contribution in [3.05, 3.63) is 70.8 Å². The van der Waals surface area contributed by atoms with Crippen molar-refractivity contribution in [1.29, 1.82) is 0 Å². The van der Waals surface area contributed by atoms with Gasteiger partial charge in [0.15, 0.2) is 0 Å². The van der Waals surface area contributed by atoms with Gasteiger partial charge in [-0.15, -0.1) is 0 Å². The standard InChI is InChI=1S/C24H32O3/c1-18(2)7-5-8-19(3)9-6-10-20(4)15-16-26-22-13-11-21-12-14-24(25)27-23(21)17-22/h7,9,12-15,17,21H,5-6,8,10-11,16H2,1-4H3/b19-9+,20-15+. The molecule has 3 heteroatoms. The first-order valence-electron chi connectivity index (χ1n) is 9.83. The monoisotopic (exact) mass is 368 g/mol. The second-order valence-corrected chi connectivity index (χ2v) is 7.55. The highest BCUT2D eigenvalue weighted by Gasteiger charge is 2.23. The van der Waals surface area contributed by atoms with Crippen LogP contribution in [0.25, 0.3) is 0 Å². The molecule has 27 heavy (non-hydrogen) atoms. The Balaban J connectivity index is 1.70. The topological polar surface area (TPSA) is 35.5 Å². The second kappa shape index (κ2) is 10.8. The zero-order chi connectivity index (χ0) is 19.6. The van der Waals surface area contributed by atoms with Gasteiger partial charge in [-0.2, -0.15) is 0 Å². The molecule has 2 aliphatic rings. The Kier molecular flexibility index (Phi) is 8.38. The predicted octanol–water partition coefficient (Wildman–Crippen LogP) is 6.32. The Labute approximate surface area is 163 Å². The van der Waals surface area contributed by atoms with Gasteiger partial charge in [0.25, 0.3) is 0 Å². The number of esters is 1. The van der Waals surface area contributed by atoms with Crippen molar-refractivity contribution >= 4 is 5.97 Å². The summed E-state index contributed by atoms with van der Waals surface area (Å²) >= 11 is 0. The molecule has 0 aromatic carbocycles.